The van der Waals surface area contributed by atoms with Gasteiger partial charge in [0.25, 0.3) is 17.6 Å². The first-order chi connectivity index (χ1) is 44.4. The number of nitrogens with one attached hydrogen (secondary N) is 2. The molecule has 2 aromatic heterocycles. The number of ketones is 3. The standard InChI is InChI=1S/C67H98N10O16/c1-10-69-61(84)47-35-72-64(73-36-47)75-24-25-76(48(37-75)38-78)65-70-32-46(33-71-65)34-74-66(87)92-53-22-20-45(29-56(53)90-9)28-50(68)55-31-52(79)41(4)27-43(6)58(81)59(82)57(80)42(5)26-39(2)16-12-11-13-17-40(3)54(89-8)30-49-21-19-44(7)67(88,93-49)60(83)62(85)77-23-15-14-18-51(77)63(86)91-55/h11-13,16-17,27,32-33,35-36,39,41-42,44-45,48-51,53-56,58-59,78,81-82,88H,10,14-15,18-26,28-31,34,37-38,68H2,1-9H3,(H,69,84)(H,74,87)/b13-11+,16-12+,40-17+,43-27+/t39-,41-,42-,44-,45+,48?,49+,50-,51+,53-,54+,55+,56-,58-,59+,67-/m1/s1. The van der Waals surface area contributed by atoms with Gasteiger partial charge in [0.05, 0.1) is 36.5 Å². The smallest absolute Gasteiger partial charge is 0.407 e. The Balaban J connectivity index is 1.02. The number of methoxy groups -OCH3 is 2. The monoisotopic (exact) mass is 1300 g/mol. The highest BCUT2D eigenvalue weighted by atomic mass is 16.6. The first-order valence-corrected chi connectivity index (χ1v) is 32.8. The summed E-state index contributed by atoms with van der Waals surface area (Å²) in [5, 5.41) is 50.4. The lowest BCUT2D eigenvalue weighted by Gasteiger charge is -2.42. The van der Waals surface area contributed by atoms with Crippen LogP contribution in [0.25, 0.3) is 0 Å². The van der Waals surface area contributed by atoms with E-state index in [9.17, 15) is 54.0 Å². The van der Waals surface area contributed by atoms with Crippen LogP contribution >= 0.6 is 0 Å². The molecule has 1 aliphatic carbocycles. The predicted molar refractivity (Wildman–Crippen MR) is 343 cm³/mol. The number of nitrogens with zero attached hydrogens (tertiary/aromatic N) is 7. The molecule has 2 bridgehead atoms. The molecule has 0 aromatic carbocycles. The second kappa shape index (κ2) is 34.5. The van der Waals surface area contributed by atoms with Gasteiger partial charge in [0.1, 0.15) is 36.2 Å². The number of carbonyl (C=O) groups is 7. The third-order valence-corrected chi connectivity index (χ3v) is 18.8. The van der Waals surface area contributed by atoms with Gasteiger partial charge in [-0.25, -0.2) is 29.5 Å². The van der Waals surface area contributed by atoms with E-state index in [0.717, 1.165) is 10.5 Å². The number of Topliss-reactive ketones (excluding diaryl/α,β-unsaturated/α-hetero) is 3. The number of rotatable bonds is 13. The van der Waals surface area contributed by atoms with Crippen molar-refractivity contribution in [3.05, 3.63) is 83.5 Å². The van der Waals surface area contributed by atoms with Crippen molar-refractivity contribution < 1.29 is 77.7 Å². The molecule has 26 nitrogen and oxygen atoms in total. The number of amides is 3. The maximum atomic E-state index is 14.6. The van der Waals surface area contributed by atoms with Crippen LogP contribution in [0.3, 0.4) is 0 Å². The number of nitrogens with two attached hydrogens (primary N) is 1. The quantitative estimate of drug-likeness (QED) is 0.0840. The van der Waals surface area contributed by atoms with Gasteiger partial charge in [-0.1, -0.05) is 64.2 Å². The Bertz CT molecular complexity index is 3000. The number of alkyl carbamates (subject to hydrolysis) is 1. The molecule has 1 unspecified atom stereocenters. The van der Waals surface area contributed by atoms with Crippen LogP contribution in [0.2, 0.25) is 0 Å². The molecule has 4 fully saturated rings. The topological polar surface area (TPSA) is 358 Å². The maximum absolute atomic E-state index is 14.6. The lowest BCUT2D eigenvalue weighted by molar-refractivity contribution is -0.265. The number of aliphatic hydroxyl groups is 4. The average Bonchev–Trinajstić information content (AvgIpc) is 0.794. The van der Waals surface area contributed by atoms with E-state index in [1.54, 1.807) is 40.3 Å². The van der Waals surface area contributed by atoms with Crippen molar-refractivity contribution >= 4 is 53.1 Å². The van der Waals surface area contributed by atoms with E-state index in [0.29, 0.717) is 101 Å². The summed E-state index contributed by atoms with van der Waals surface area (Å²) in [4.78, 5) is 120. The molecule has 512 valence electrons. The number of piperidine rings is 1. The molecule has 0 radical (unpaired) electrons. The van der Waals surface area contributed by atoms with Crippen LogP contribution in [-0.2, 0) is 54.2 Å². The highest BCUT2D eigenvalue weighted by molar-refractivity contribution is 6.39. The fourth-order valence-corrected chi connectivity index (χ4v) is 13.1. The number of ether oxygens (including phenoxy) is 5. The number of esters is 1. The molecule has 93 heavy (non-hydrogen) atoms. The van der Waals surface area contributed by atoms with Crippen molar-refractivity contribution in [2.75, 3.05) is 63.4 Å². The number of hydrogen-bond acceptors (Lipinski definition) is 23. The van der Waals surface area contributed by atoms with Gasteiger partial charge in [-0.05, 0) is 108 Å². The van der Waals surface area contributed by atoms with Crippen LogP contribution < -0.4 is 26.2 Å². The van der Waals surface area contributed by atoms with Crippen molar-refractivity contribution in [3.8, 4) is 0 Å². The zero-order chi connectivity index (χ0) is 67.7. The number of aromatic nitrogens is 4. The van der Waals surface area contributed by atoms with E-state index < -0.39 is 120 Å². The van der Waals surface area contributed by atoms with E-state index in [-0.39, 0.29) is 68.3 Å². The number of anilines is 2. The molecule has 5 aliphatic rings. The Kier molecular flexibility index (Phi) is 27.3. The first kappa shape index (κ1) is 73.5. The zero-order valence-corrected chi connectivity index (χ0v) is 55.3. The van der Waals surface area contributed by atoms with E-state index in [4.69, 9.17) is 29.4 Å². The summed E-state index contributed by atoms with van der Waals surface area (Å²) in [6.07, 6.45) is 12.6. The Morgan fingerprint density at radius 2 is 1.53 bits per heavy atom. The molecule has 26 heteroatoms. The largest absolute Gasteiger partial charge is 0.459 e. The molecule has 4 aliphatic heterocycles. The molecule has 2 aromatic rings. The van der Waals surface area contributed by atoms with E-state index >= 15 is 0 Å². The Labute approximate surface area is 545 Å². The predicted octanol–water partition coefficient (Wildman–Crippen LogP) is 4.17. The van der Waals surface area contributed by atoms with Crippen LogP contribution in [0.1, 0.15) is 141 Å². The van der Waals surface area contributed by atoms with Crippen molar-refractivity contribution in [1.82, 2.24) is 35.5 Å². The minimum Gasteiger partial charge on any atom is -0.459 e. The summed E-state index contributed by atoms with van der Waals surface area (Å²) in [6, 6.07) is -2.65. The summed E-state index contributed by atoms with van der Waals surface area (Å²) < 4.78 is 30.0. The van der Waals surface area contributed by atoms with Gasteiger partial charge in [-0.3, -0.25) is 24.0 Å². The van der Waals surface area contributed by atoms with Crippen molar-refractivity contribution in [3.63, 3.8) is 0 Å². The number of piperazine rings is 1. The SMILES string of the molecule is CCNC(=O)c1cnc(N2CCN(c3ncc(CNC(=O)O[C@@H]4CC[C@@H](C[C@@H](N)[C@@H]5CC(=O)[C@H](C)/C=C(\C)[C@@H](O)[C@@H](O)C(=O)[C@H](C)C[C@H](C)/C=C/C=C/C=C(\C)[C@@H](OC)C[C@@H]6CC[C@@H](C)[C@@](O)(O6)C(=O)C(=O)N6CCCC[C@H]6C(=O)O5)C[C@H]4OC)cn3)C(CO)C2)nc1. The second-order valence-corrected chi connectivity index (χ2v) is 25.8. The maximum Gasteiger partial charge on any atom is 0.407 e. The number of hydrogen-bond donors (Lipinski definition) is 7. The molecule has 3 amide bonds. The number of fused-ring (bicyclic) bond motifs is 3. The first-order valence-electron chi connectivity index (χ1n) is 32.8. The highest BCUT2D eigenvalue weighted by Gasteiger charge is 2.53. The van der Waals surface area contributed by atoms with E-state index in [1.807, 2.05) is 61.0 Å². The molecule has 3 saturated heterocycles. The Morgan fingerprint density at radius 3 is 2.22 bits per heavy atom. The van der Waals surface area contributed by atoms with E-state index in [2.05, 4.69) is 30.6 Å². The van der Waals surface area contributed by atoms with Gasteiger partial charge in [-0.15, -0.1) is 0 Å². The second-order valence-electron chi connectivity index (χ2n) is 25.8. The summed E-state index contributed by atoms with van der Waals surface area (Å²) in [5.74, 6) is -8.79. The molecular weight excluding hydrogens is 1200 g/mol. The third kappa shape index (κ3) is 19.4. The Morgan fingerprint density at radius 1 is 0.806 bits per heavy atom. The molecule has 7 rings (SSSR count). The minimum absolute atomic E-state index is 0.00477. The van der Waals surface area contributed by atoms with Crippen molar-refractivity contribution in [1.29, 1.82) is 0 Å². The number of cyclic esters (lactones) is 1. The number of carbonyl (C=O) groups excluding carboxylic acids is 7. The summed E-state index contributed by atoms with van der Waals surface area (Å²) >= 11 is 0. The van der Waals surface area contributed by atoms with Crippen molar-refractivity contribution in [2.45, 2.75) is 199 Å². The van der Waals surface area contributed by atoms with Gasteiger partial charge in [0.15, 0.2) is 5.78 Å². The van der Waals surface area contributed by atoms with Gasteiger partial charge in [-0.2, -0.15) is 0 Å². The highest BCUT2D eigenvalue weighted by Crippen LogP contribution is 2.38. The van der Waals surface area contributed by atoms with Crippen LogP contribution in [0, 0.1) is 29.6 Å². The number of allylic oxidation sites excluding steroid dienone is 6. The summed E-state index contributed by atoms with van der Waals surface area (Å²) in [6.45, 7) is 13.7. The van der Waals surface area contributed by atoms with Crippen LogP contribution in [0.5, 0.6) is 0 Å². The fourth-order valence-electron chi connectivity index (χ4n) is 13.1. The number of aliphatic hydroxyl groups excluding tert-OH is 3. The van der Waals surface area contributed by atoms with Gasteiger partial charge in [0.2, 0.25) is 17.7 Å². The molecule has 16 atom stereocenters. The van der Waals surface area contributed by atoms with E-state index in [1.165, 1.54) is 32.5 Å². The van der Waals surface area contributed by atoms with Gasteiger partial charge in [0, 0.05) is 120 Å². The van der Waals surface area contributed by atoms with Crippen LogP contribution in [0.15, 0.2) is 72.4 Å². The minimum atomic E-state index is -2.51. The average molecular weight is 1300 g/mol. The summed E-state index contributed by atoms with van der Waals surface area (Å²) in [5.41, 5.74) is 8.95. The molecule has 6 heterocycles. The van der Waals surface area contributed by atoms with Crippen molar-refractivity contribution in [2.24, 2.45) is 35.3 Å². The normalized spacial score (nSPS) is 33.4. The molecule has 1 saturated carbocycles. The third-order valence-electron chi connectivity index (χ3n) is 18.8. The molecule has 0 spiro atoms. The summed E-state index contributed by atoms with van der Waals surface area (Å²) in [7, 11) is 3.05. The molecule has 8 N–H and O–H groups in total. The van der Waals surface area contributed by atoms with Gasteiger partial charge < -0.3 is 75.2 Å². The lowest BCUT2D eigenvalue weighted by atomic mass is 9.80. The molecular formula is C67H98N10O16. The van der Waals surface area contributed by atoms with Crippen LogP contribution in [-0.4, -0.2) is 207 Å². The Hall–Kier alpha value is -6.91. The lowest BCUT2D eigenvalue weighted by Crippen LogP contribution is -2.61. The van der Waals surface area contributed by atoms with Gasteiger partial charge >= 0.3 is 12.1 Å². The zero-order valence-electron chi connectivity index (χ0n) is 55.3. The fraction of sp³-hybridized carbons (Fsp3) is 0.657. The van der Waals surface area contributed by atoms with Crippen LogP contribution in [0.4, 0.5) is 16.7 Å².